The molecule has 1 amide bonds. The highest BCUT2D eigenvalue weighted by atomic mass is 16.1. The number of rotatable bonds is 5. The molecule has 0 spiro atoms. The second-order valence-corrected chi connectivity index (χ2v) is 9.09. The van der Waals surface area contributed by atoms with Crippen molar-refractivity contribution in [2.75, 3.05) is 18.0 Å². The van der Waals surface area contributed by atoms with Gasteiger partial charge in [-0.2, -0.15) is 10.2 Å². The van der Waals surface area contributed by atoms with Crippen molar-refractivity contribution in [3.63, 3.8) is 0 Å². The Bertz CT molecular complexity index is 1330. The molecule has 1 atom stereocenters. The maximum Gasteiger partial charge on any atom is 0.225 e. The normalized spacial score (nSPS) is 16.1. The monoisotopic (exact) mass is 454 g/mol. The van der Waals surface area contributed by atoms with Gasteiger partial charge in [-0.1, -0.05) is 42.5 Å². The van der Waals surface area contributed by atoms with Gasteiger partial charge in [-0.3, -0.25) is 4.79 Å². The standard InChI is InChI=1S/C27H30N6O/c1-18-10-7-8-11-21(18)16-28-27(34)22-12-9-15-32(17-22)26-25-24(19(2)29-30-26)20(3)33(31-25)23-13-5-4-6-14-23/h4-8,10-11,13-14,22H,9,12,15-17H2,1-3H3,(H,28,34)/t22-/m1/s1. The molecule has 7 nitrogen and oxygen atoms in total. The number of nitrogens with one attached hydrogen (secondary N) is 1. The number of piperidine rings is 1. The summed E-state index contributed by atoms with van der Waals surface area (Å²) >= 11 is 0. The zero-order valence-corrected chi connectivity index (χ0v) is 20.0. The molecule has 174 valence electrons. The Hall–Kier alpha value is -3.74. The van der Waals surface area contributed by atoms with Gasteiger partial charge in [0.1, 0.15) is 5.52 Å². The molecule has 7 heteroatoms. The number of aryl methyl sites for hydroxylation is 3. The van der Waals surface area contributed by atoms with Crippen LogP contribution in [0.3, 0.4) is 0 Å². The first kappa shape index (κ1) is 22.1. The van der Waals surface area contributed by atoms with Gasteiger partial charge in [0.25, 0.3) is 0 Å². The maximum atomic E-state index is 13.0. The molecule has 1 fully saturated rings. The highest BCUT2D eigenvalue weighted by Gasteiger charge is 2.29. The predicted molar refractivity (Wildman–Crippen MR) is 134 cm³/mol. The fourth-order valence-corrected chi connectivity index (χ4v) is 4.86. The van der Waals surface area contributed by atoms with Gasteiger partial charge < -0.3 is 10.2 Å². The lowest BCUT2D eigenvalue weighted by Gasteiger charge is -2.32. The highest BCUT2D eigenvalue weighted by molar-refractivity contribution is 5.92. The average molecular weight is 455 g/mol. The number of amides is 1. The summed E-state index contributed by atoms with van der Waals surface area (Å²) < 4.78 is 1.96. The molecule has 5 rings (SSSR count). The lowest BCUT2D eigenvalue weighted by Crippen LogP contribution is -2.43. The van der Waals surface area contributed by atoms with Crippen LogP contribution in [0.5, 0.6) is 0 Å². The van der Waals surface area contributed by atoms with E-state index in [4.69, 9.17) is 5.10 Å². The van der Waals surface area contributed by atoms with Crippen LogP contribution in [-0.2, 0) is 11.3 Å². The molecular formula is C27H30N6O. The zero-order valence-electron chi connectivity index (χ0n) is 20.0. The van der Waals surface area contributed by atoms with Gasteiger partial charge in [-0.05, 0) is 56.9 Å². The molecule has 1 aliphatic heterocycles. The fraction of sp³-hybridized carbons (Fsp3) is 0.333. The van der Waals surface area contributed by atoms with Crippen molar-refractivity contribution in [3.05, 3.63) is 77.1 Å². The number of para-hydroxylation sites is 1. The third-order valence-corrected chi connectivity index (χ3v) is 6.79. The van der Waals surface area contributed by atoms with Crippen LogP contribution in [-0.4, -0.2) is 39.0 Å². The highest BCUT2D eigenvalue weighted by Crippen LogP contribution is 2.31. The third kappa shape index (κ3) is 4.14. The largest absolute Gasteiger partial charge is 0.352 e. The Kier molecular flexibility index (Phi) is 6.01. The number of hydrogen-bond acceptors (Lipinski definition) is 5. The van der Waals surface area contributed by atoms with Gasteiger partial charge in [-0.25, -0.2) is 4.68 Å². The van der Waals surface area contributed by atoms with Crippen molar-refractivity contribution in [1.82, 2.24) is 25.3 Å². The number of nitrogens with zero attached hydrogens (tertiary/aromatic N) is 5. The van der Waals surface area contributed by atoms with E-state index in [0.717, 1.165) is 58.7 Å². The van der Waals surface area contributed by atoms with E-state index < -0.39 is 0 Å². The predicted octanol–water partition coefficient (Wildman–Crippen LogP) is 4.27. The minimum Gasteiger partial charge on any atom is -0.352 e. The van der Waals surface area contributed by atoms with Gasteiger partial charge in [0.2, 0.25) is 5.91 Å². The number of benzene rings is 2. The van der Waals surface area contributed by atoms with E-state index in [0.29, 0.717) is 13.1 Å². The second kappa shape index (κ2) is 9.25. The summed E-state index contributed by atoms with van der Waals surface area (Å²) in [7, 11) is 0. The van der Waals surface area contributed by atoms with Crippen LogP contribution in [0.15, 0.2) is 54.6 Å². The van der Waals surface area contributed by atoms with Crippen molar-refractivity contribution < 1.29 is 4.79 Å². The first-order valence-corrected chi connectivity index (χ1v) is 11.9. The van der Waals surface area contributed by atoms with Crippen LogP contribution >= 0.6 is 0 Å². The first-order chi connectivity index (χ1) is 16.5. The zero-order chi connectivity index (χ0) is 23.7. The minimum atomic E-state index is -0.0896. The topological polar surface area (TPSA) is 75.9 Å². The van der Waals surface area contributed by atoms with E-state index in [1.54, 1.807) is 0 Å². The van der Waals surface area contributed by atoms with Crippen molar-refractivity contribution in [1.29, 1.82) is 0 Å². The SMILES string of the molecule is Cc1ccccc1CNC(=O)[C@@H]1CCCN(c2nnc(C)c3c(C)n(-c4ccccc4)nc23)C1. The molecule has 34 heavy (non-hydrogen) atoms. The van der Waals surface area contributed by atoms with Crippen LogP contribution in [0.1, 0.15) is 35.4 Å². The third-order valence-electron chi connectivity index (χ3n) is 6.79. The minimum absolute atomic E-state index is 0.0896. The molecule has 1 N–H and O–H groups in total. The smallest absolute Gasteiger partial charge is 0.225 e. The Balaban J connectivity index is 1.40. The molecule has 2 aromatic carbocycles. The Labute approximate surface area is 199 Å². The molecule has 0 saturated carbocycles. The van der Waals surface area contributed by atoms with E-state index in [2.05, 4.69) is 46.4 Å². The van der Waals surface area contributed by atoms with Gasteiger partial charge in [-0.15, -0.1) is 5.10 Å². The average Bonchev–Trinajstić information content (AvgIpc) is 3.22. The summed E-state index contributed by atoms with van der Waals surface area (Å²) in [6, 6.07) is 18.3. The molecule has 4 aromatic rings. The number of carbonyl (C=O) groups excluding carboxylic acids is 1. The van der Waals surface area contributed by atoms with Crippen molar-refractivity contribution in [2.45, 2.75) is 40.2 Å². The molecule has 1 saturated heterocycles. The number of hydrogen-bond donors (Lipinski definition) is 1. The van der Waals surface area contributed by atoms with Crippen LogP contribution in [0, 0.1) is 26.7 Å². The molecule has 0 bridgehead atoms. The van der Waals surface area contributed by atoms with Gasteiger partial charge in [0.15, 0.2) is 5.82 Å². The van der Waals surface area contributed by atoms with E-state index in [-0.39, 0.29) is 11.8 Å². The molecule has 3 heterocycles. The summed E-state index contributed by atoms with van der Waals surface area (Å²) in [5.41, 5.74) is 6.09. The Morgan fingerprint density at radius 1 is 1.03 bits per heavy atom. The van der Waals surface area contributed by atoms with Crippen LogP contribution in [0.4, 0.5) is 5.82 Å². The van der Waals surface area contributed by atoms with E-state index in [1.165, 1.54) is 5.56 Å². The van der Waals surface area contributed by atoms with Gasteiger partial charge in [0.05, 0.1) is 28.4 Å². The Morgan fingerprint density at radius 3 is 2.59 bits per heavy atom. The fourth-order valence-electron chi connectivity index (χ4n) is 4.86. The van der Waals surface area contributed by atoms with Crippen molar-refractivity contribution in [3.8, 4) is 5.69 Å². The number of carbonyl (C=O) groups is 1. The van der Waals surface area contributed by atoms with Gasteiger partial charge in [0, 0.05) is 19.6 Å². The molecule has 2 aromatic heterocycles. The summed E-state index contributed by atoms with van der Waals surface area (Å²) in [4.78, 5) is 15.2. The van der Waals surface area contributed by atoms with Crippen LogP contribution < -0.4 is 10.2 Å². The van der Waals surface area contributed by atoms with E-state index in [9.17, 15) is 4.79 Å². The molecule has 0 unspecified atom stereocenters. The maximum absolute atomic E-state index is 13.0. The molecule has 1 aliphatic rings. The summed E-state index contributed by atoms with van der Waals surface area (Å²) in [6.07, 6.45) is 1.80. The summed E-state index contributed by atoms with van der Waals surface area (Å²) in [6.45, 7) is 8.12. The molecular weight excluding hydrogens is 424 g/mol. The summed E-state index contributed by atoms with van der Waals surface area (Å²) in [5, 5.41) is 18.1. The second-order valence-electron chi connectivity index (χ2n) is 9.09. The first-order valence-electron chi connectivity index (χ1n) is 11.9. The number of aromatic nitrogens is 4. The van der Waals surface area contributed by atoms with Crippen molar-refractivity contribution in [2.24, 2.45) is 5.92 Å². The van der Waals surface area contributed by atoms with Crippen molar-refractivity contribution >= 4 is 22.6 Å². The lowest BCUT2D eigenvalue weighted by molar-refractivity contribution is -0.125. The quantitative estimate of drug-likeness (QED) is 0.487. The Morgan fingerprint density at radius 2 is 1.79 bits per heavy atom. The van der Waals surface area contributed by atoms with E-state index >= 15 is 0 Å². The van der Waals surface area contributed by atoms with Crippen LogP contribution in [0.25, 0.3) is 16.6 Å². The molecule has 0 radical (unpaired) electrons. The summed E-state index contributed by atoms with van der Waals surface area (Å²) in [5.74, 6) is 0.762. The molecule has 0 aliphatic carbocycles. The van der Waals surface area contributed by atoms with Crippen LogP contribution in [0.2, 0.25) is 0 Å². The van der Waals surface area contributed by atoms with E-state index in [1.807, 2.05) is 54.1 Å². The number of anilines is 1. The van der Waals surface area contributed by atoms with Gasteiger partial charge >= 0.3 is 0 Å². The lowest BCUT2D eigenvalue weighted by atomic mass is 9.96. The number of fused-ring (bicyclic) bond motifs is 1.